The highest BCUT2D eigenvalue weighted by Crippen LogP contribution is 2.27. The number of carbonyl (C=O) groups is 1. The van der Waals surface area contributed by atoms with E-state index in [1.54, 1.807) is 35.6 Å². The van der Waals surface area contributed by atoms with Crippen LogP contribution in [0.25, 0.3) is 10.6 Å². The predicted octanol–water partition coefficient (Wildman–Crippen LogP) is 3.02. The number of carbonyl (C=O) groups excluding carboxylic acids is 1. The van der Waals surface area contributed by atoms with Gasteiger partial charge in [0.05, 0.1) is 22.2 Å². The monoisotopic (exact) mass is 363 g/mol. The molecular formula is C19H17N5OS. The van der Waals surface area contributed by atoms with E-state index in [9.17, 15) is 4.79 Å². The van der Waals surface area contributed by atoms with Crippen molar-refractivity contribution in [2.75, 3.05) is 18.0 Å². The Morgan fingerprint density at radius 2 is 2.27 bits per heavy atom. The number of thiophene rings is 1. The Kier molecular flexibility index (Phi) is 4.42. The van der Waals surface area contributed by atoms with E-state index >= 15 is 0 Å². The molecule has 0 aliphatic carbocycles. The van der Waals surface area contributed by atoms with Crippen LogP contribution in [0.5, 0.6) is 0 Å². The number of benzene rings is 1. The molecule has 1 fully saturated rings. The maximum absolute atomic E-state index is 12.4. The number of aromatic nitrogens is 2. The zero-order chi connectivity index (χ0) is 17.9. The van der Waals surface area contributed by atoms with Crippen LogP contribution in [0.2, 0.25) is 0 Å². The Morgan fingerprint density at radius 1 is 1.35 bits per heavy atom. The number of nitrogens with zero attached hydrogens (tertiary/aromatic N) is 3. The summed E-state index contributed by atoms with van der Waals surface area (Å²) in [5.74, 6) is 0.756. The van der Waals surface area contributed by atoms with Gasteiger partial charge in [-0.05, 0) is 36.1 Å². The second kappa shape index (κ2) is 7.02. The number of nitriles is 1. The number of hydrogen-bond acceptors (Lipinski definition) is 5. The minimum absolute atomic E-state index is 0.0649. The topological polar surface area (TPSA) is 84.8 Å². The third kappa shape index (κ3) is 3.32. The van der Waals surface area contributed by atoms with Gasteiger partial charge < -0.3 is 10.2 Å². The Bertz CT molecular complexity index is 956. The number of hydrogen-bond donors (Lipinski definition) is 2. The first-order valence-corrected chi connectivity index (χ1v) is 9.26. The number of nitrogens with one attached hydrogen (secondary N) is 2. The van der Waals surface area contributed by atoms with Crippen LogP contribution in [0.4, 0.5) is 5.82 Å². The second-order valence-electron chi connectivity index (χ2n) is 6.21. The molecule has 1 aromatic carbocycles. The highest BCUT2D eigenvalue weighted by molar-refractivity contribution is 7.13. The van der Waals surface area contributed by atoms with Crippen molar-refractivity contribution in [3.8, 4) is 16.6 Å². The molecule has 1 unspecified atom stereocenters. The molecule has 0 radical (unpaired) electrons. The molecule has 0 bridgehead atoms. The number of anilines is 1. The second-order valence-corrected chi connectivity index (χ2v) is 7.16. The van der Waals surface area contributed by atoms with Crippen LogP contribution in [0.3, 0.4) is 0 Å². The molecule has 1 atom stereocenters. The third-order valence-corrected chi connectivity index (χ3v) is 5.36. The standard InChI is InChI=1S/C19H17N5OS/c20-11-13-3-1-4-14(9-13)19(25)21-15-6-7-24(12-15)18-10-16(22-23-18)17-5-2-8-26-17/h1-5,8-10,15H,6-7,12H2,(H,21,25)(H,22,23). The zero-order valence-corrected chi connectivity index (χ0v) is 14.8. The van der Waals surface area contributed by atoms with E-state index in [2.05, 4.69) is 32.5 Å². The van der Waals surface area contributed by atoms with Crippen LogP contribution in [0.15, 0.2) is 47.8 Å². The van der Waals surface area contributed by atoms with Crippen molar-refractivity contribution in [2.45, 2.75) is 12.5 Å². The fraction of sp³-hybridized carbons (Fsp3) is 0.211. The van der Waals surface area contributed by atoms with Crippen molar-refractivity contribution in [3.05, 3.63) is 59.0 Å². The summed E-state index contributed by atoms with van der Waals surface area (Å²) in [7, 11) is 0. The smallest absolute Gasteiger partial charge is 0.251 e. The molecule has 130 valence electrons. The predicted molar refractivity (Wildman–Crippen MR) is 101 cm³/mol. The van der Waals surface area contributed by atoms with E-state index in [1.165, 1.54) is 0 Å². The lowest BCUT2D eigenvalue weighted by Crippen LogP contribution is -2.37. The lowest BCUT2D eigenvalue weighted by molar-refractivity contribution is 0.0940. The molecular weight excluding hydrogens is 346 g/mol. The van der Waals surface area contributed by atoms with Gasteiger partial charge in [-0.2, -0.15) is 10.4 Å². The van der Waals surface area contributed by atoms with Crippen LogP contribution >= 0.6 is 11.3 Å². The Hall–Kier alpha value is -3.11. The highest BCUT2D eigenvalue weighted by atomic mass is 32.1. The summed E-state index contributed by atoms with van der Waals surface area (Å²) < 4.78 is 0. The molecule has 4 rings (SSSR count). The summed E-state index contributed by atoms with van der Waals surface area (Å²) >= 11 is 1.67. The van der Waals surface area contributed by atoms with Gasteiger partial charge >= 0.3 is 0 Å². The first kappa shape index (κ1) is 16.4. The van der Waals surface area contributed by atoms with Crippen molar-refractivity contribution in [3.63, 3.8) is 0 Å². The lowest BCUT2D eigenvalue weighted by atomic mass is 10.1. The van der Waals surface area contributed by atoms with Gasteiger partial charge in [-0.3, -0.25) is 9.89 Å². The Balaban J connectivity index is 1.39. The first-order chi connectivity index (χ1) is 12.7. The van der Waals surface area contributed by atoms with Gasteiger partial charge in [0, 0.05) is 30.8 Å². The maximum Gasteiger partial charge on any atom is 0.251 e. The summed E-state index contributed by atoms with van der Waals surface area (Å²) in [5.41, 5.74) is 2.02. The van der Waals surface area contributed by atoms with Crippen LogP contribution < -0.4 is 10.2 Å². The molecule has 3 aromatic rings. The molecule has 1 amide bonds. The molecule has 7 heteroatoms. The largest absolute Gasteiger partial charge is 0.353 e. The van der Waals surface area contributed by atoms with Crippen LogP contribution in [-0.4, -0.2) is 35.2 Å². The summed E-state index contributed by atoms with van der Waals surface area (Å²) in [4.78, 5) is 15.7. The van der Waals surface area contributed by atoms with E-state index in [0.29, 0.717) is 11.1 Å². The van der Waals surface area contributed by atoms with Crippen molar-refractivity contribution >= 4 is 23.1 Å². The minimum Gasteiger partial charge on any atom is -0.353 e. The molecule has 1 saturated heterocycles. The van der Waals surface area contributed by atoms with Crippen LogP contribution in [0, 0.1) is 11.3 Å². The molecule has 26 heavy (non-hydrogen) atoms. The molecule has 2 aromatic heterocycles. The van der Waals surface area contributed by atoms with E-state index in [1.807, 2.05) is 17.5 Å². The van der Waals surface area contributed by atoms with Crippen LogP contribution in [0.1, 0.15) is 22.3 Å². The van der Waals surface area contributed by atoms with Gasteiger partial charge in [-0.25, -0.2) is 0 Å². The molecule has 1 aliphatic rings. The Morgan fingerprint density at radius 3 is 3.08 bits per heavy atom. The molecule has 0 saturated carbocycles. The molecule has 0 spiro atoms. The highest BCUT2D eigenvalue weighted by Gasteiger charge is 2.26. The average molecular weight is 363 g/mol. The van der Waals surface area contributed by atoms with Crippen molar-refractivity contribution < 1.29 is 4.79 Å². The van der Waals surface area contributed by atoms with E-state index in [4.69, 9.17) is 5.26 Å². The fourth-order valence-electron chi connectivity index (χ4n) is 3.12. The van der Waals surface area contributed by atoms with Crippen molar-refractivity contribution in [1.82, 2.24) is 15.5 Å². The summed E-state index contributed by atoms with van der Waals surface area (Å²) in [6.07, 6.45) is 0.866. The zero-order valence-electron chi connectivity index (χ0n) is 14.0. The number of aromatic amines is 1. The third-order valence-electron chi connectivity index (χ3n) is 4.45. The quantitative estimate of drug-likeness (QED) is 0.746. The van der Waals surface area contributed by atoms with Gasteiger partial charge in [0.1, 0.15) is 0 Å². The van der Waals surface area contributed by atoms with Gasteiger partial charge in [0.15, 0.2) is 5.82 Å². The molecule has 6 nitrogen and oxygen atoms in total. The van der Waals surface area contributed by atoms with E-state index in [-0.39, 0.29) is 11.9 Å². The lowest BCUT2D eigenvalue weighted by Gasteiger charge is -2.16. The molecule has 2 N–H and O–H groups in total. The normalized spacial score (nSPS) is 16.4. The summed E-state index contributed by atoms with van der Waals surface area (Å²) in [5, 5.41) is 21.5. The molecule has 3 heterocycles. The number of H-pyrrole nitrogens is 1. The average Bonchev–Trinajstić information content (AvgIpc) is 3.41. The van der Waals surface area contributed by atoms with Gasteiger partial charge in [0.2, 0.25) is 0 Å². The van der Waals surface area contributed by atoms with E-state index < -0.39 is 0 Å². The minimum atomic E-state index is -0.143. The van der Waals surface area contributed by atoms with Gasteiger partial charge in [0.25, 0.3) is 5.91 Å². The van der Waals surface area contributed by atoms with Crippen molar-refractivity contribution in [1.29, 1.82) is 5.26 Å². The van der Waals surface area contributed by atoms with Crippen LogP contribution in [-0.2, 0) is 0 Å². The number of amides is 1. The first-order valence-electron chi connectivity index (χ1n) is 8.38. The molecule has 1 aliphatic heterocycles. The number of rotatable bonds is 4. The maximum atomic E-state index is 12.4. The Labute approximate surface area is 155 Å². The summed E-state index contributed by atoms with van der Waals surface area (Å²) in [6, 6.07) is 15.0. The van der Waals surface area contributed by atoms with Crippen molar-refractivity contribution in [2.24, 2.45) is 0 Å². The van der Waals surface area contributed by atoms with Gasteiger partial charge in [-0.1, -0.05) is 12.1 Å². The SMILES string of the molecule is N#Cc1cccc(C(=O)NC2CCN(c3cc(-c4cccs4)[nH]n3)C2)c1. The van der Waals surface area contributed by atoms with Gasteiger partial charge in [-0.15, -0.1) is 11.3 Å². The fourth-order valence-corrected chi connectivity index (χ4v) is 3.81. The van der Waals surface area contributed by atoms with E-state index in [0.717, 1.165) is 35.9 Å². The summed E-state index contributed by atoms with van der Waals surface area (Å²) in [6.45, 7) is 1.57.